The molecule has 36 heavy (non-hydrogen) atoms. The zero-order valence-electron chi connectivity index (χ0n) is 21.1. The summed E-state index contributed by atoms with van der Waals surface area (Å²) in [6, 6.07) is 8.46. The Hall–Kier alpha value is -3.21. The van der Waals surface area contributed by atoms with Gasteiger partial charge in [0.1, 0.15) is 18.3 Å². The van der Waals surface area contributed by atoms with Crippen LogP contribution in [0.15, 0.2) is 42.5 Å². The Bertz CT molecular complexity index is 1160. The van der Waals surface area contributed by atoms with Gasteiger partial charge in [0.05, 0.1) is 19.1 Å². The molecule has 2 atom stereocenters. The van der Waals surface area contributed by atoms with Crippen LogP contribution in [-0.4, -0.2) is 57.1 Å². The molecule has 0 saturated carbocycles. The van der Waals surface area contributed by atoms with Crippen LogP contribution in [0.2, 0.25) is 0 Å². The van der Waals surface area contributed by atoms with E-state index in [1.54, 1.807) is 31.2 Å². The van der Waals surface area contributed by atoms with E-state index in [1.807, 2.05) is 13.8 Å². The van der Waals surface area contributed by atoms with E-state index in [-0.39, 0.29) is 30.6 Å². The van der Waals surface area contributed by atoms with Crippen LogP contribution in [0.1, 0.15) is 39.2 Å². The molecule has 0 aliphatic rings. The van der Waals surface area contributed by atoms with Gasteiger partial charge in [0, 0.05) is 18.7 Å². The van der Waals surface area contributed by atoms with Gasteiger partial charge >= 0.3 is 0 Å². The summed E-state index contributed by atoms with van der Waals surface area (Å²) in [4.78, 5) is 27.9. The maximum atomic E-state index is 13.9. The van der Waals surface area contributed by atoms with E-state index in [1.165, 1.54) is 12.0 Å². The van der Waals surface area contributed by atoms with E-state index in [4.69, 9.17) is 4.74 Å². The van der Waals surface area contributed by atoms with Gasteiger partial charge in [0.15, 0.2) is 11.6 Å². The second-order valence-corrected chi connectivity index (χ2v) is 10.4. The Kier molecular flexibility index (Phi) is 10.2. The maximum absolute atomic E-state index is 13.9. The molecule has 8 nitrogen and oxygen atoms in total. The van der Waals surface area contributed by atoms with Crippen LogP contribution in [0.5, 0.6) is 5.75 Å². The molecule has 0 spiro atoms. The van der Waals surface area contributed by atoms with Crippen LogP contribution in [0.3, 0.4) is 0 Å². The largest absolute Gasteiger partial charge is 0.497 e. The molecule has 0 aliphatic carbocycles. The second kappa shape index (κ2) is 12.7. The number of methoxy groups -OCH3 is 1. The van der Waals surface area contributed by atoms with Gasteiger partial charge in [0.2, 0.25) is 21.8 Å². The molecule has 0 aromatic heterocycles. The number of carbonyl (C=O) groups excluding carboxylic acids is 2. The fraction of sp³-hybridized carbons (Fsp3) is 0.440. The third-order valence-corrected chi connectivity index (χ3v) is 6.91. The molecule has 198 valence electrons. The highest BCUT2D eigenvalue weighted by molar-refractivity contribution is 7.92. The summed E-state index contributed by atoms with van der Waals surface area (Å²) in [5.74, 6) is -2.82. The number of anilines is 1. The summed E-state index contributed by atoms with van der Waals surface area (Å²) in [5, 5.41) is 2.87. The highest BCUT2D eigenvalue weighted by atomic mass is 32.2. The summed E-state index contributed by atoms with van der Waals surface area (Å²) in [7, 11) is -2.53. The van der Waals surface area contributed by atoms with Crippen molar-refractivity contribution in [2.45, 2.75) is 52.2 Å². The number of hydrogen-bond donors (Lipinski definition) is 1. The second-order valence-electron chi connectivity index (χ2n) is 8.48. The van der Waals surface area contributed by atoms with Gasteiger partial charge in [-0.2, -0.15) is 0 Å². The summed E-state index contributed by atoms with van der Waals surface area (Å²) in [6.07, 6.45) is 1.82. The maximum Gasteiger partial charge on any atom is 0.244 e. The molecular formula is C25H33F2N3O5S. The number of amides is 2. The van der Waals surface area contributed by atoms with Crippen molar-refractivity contribution in [2.24, 2.45) is 0 Å². The quantitative estimate of drug-likeness (QED) is 0.458. The molecule has 2 amide bonds. The van der Waals surface area contributed by atoms with Gasteiger partial charge in [0.25, 0.3) is 0 Å². The van der Waals surface area contributed by atoms with E-state index in [0.29, 0.717) is 28.1 Å². The molecule has 2 unspecified atom stereocenters. The number of rotatable bonds is 12. The van der Waals surface area contributed by atoms with Crippen LogP contribution < -0.4 is 14.4 Å². The van der Waals surface area contributed by atoms with E-state index in [0.717, 1.165) is 18.4 Å². The molecule has 0 radical (unpaired) electrons. The molecule has 0 saturated heterocycles. The van der Waals surface area contributed by atoms with Crippen LogP contribution in [0.4, 0.5) is 14.5 Å². The van der Waals surface area contributed by atoms with Crippen LogP contribution in [0.25, 0.3) is 0 Å². The summed E-state index contributed by atoms with van der Waals surface area (Å²) in [5.41, 5.74) is 0.490. The van der Waals surface area contributed by atoms with Gasteiger partial charge < -0.3 is 15.0 Å². The molecule has 0 heterocycles. The molecule has 11 heteroatoms. The predicted octanol–water partition coefficient (Wildman–Crippen LogP) is 3.46. The molecule has 0 aliphatic heterocycles. The lowest BCUT2D eigenvalue weighted by molar-refractivity contribution is -0.140. The first-order chi connectivity index (χ1) is 16.9. The summed E-state index contributed by atoms with van der Waals surface area (Å²) < 4.78 is 58.2. The number of carbonyl (C=O) groups is 2. The van der Waals surface area contributed by atoms with Gasteiger partial charge in [-0.1, -0.05) is 26.0 Å². The molecule has 2 aromatic carbocycles. The number of sulfonamides is 1. The first-order valence-corrected chi connectivity index (χ1v) is 13.4. The Labute approximate surface area is 211 Å². The highest BCUT2D eigenvalue weighted by Gasteiger charge is 2.32. The van der Waals surface area contributed by atoms with Gasteiger partial charge in [-0.05, 0) is 49.6 Å². The number of halogens is 2. The van der Waals surface area contributed by atoms with Crippen molar-refractivity contribution in [2.75, 3.05) is 24.2 Å². The van der Waals surface area contributed by atoms with E-state index < -0.39 is 40.2 Å². The van der Waals surface area contributed by atoms with Gasteiger partial charge in [-0.15, -0.1) is 0 Å². The Balaban J connectivity index is 2.45. The fourth-order valence-corrected chi connectivity index (χ4v) is 4.38. The van der Waals surface area contributed by atoms with Crippen molar-refractivity contribution in [1.82, 2.24) is 10.2 Å². The lowest BCUT2D eigenvalue weighted by atomic mass is 10.1. The lowest BCUT2D eigenvalue weighted by Gasteiger charge is -2.33. The number of ether oxygens (including phenoxy) is 1. The summed E-state index contributed by atoms with van der Waals surface area (Å²) in [6.45, 7) is 4.82. The average Bonchev–Trinajstić information content (AvgIpc) is 2.83. The van der Waals surface area contributed by atoms with Crippen LogP contribution >= 0.6 is 0 Å². The fourth-order valence-electron chi connectivity index (χ4n) is 3.54. The minimum Gasteiger partial charge on any atom is -0.497 e. The van der Waals surface area contributed by atoms with Crippen molar-refractivity contribution in [3.05, 3.63) is 59.7 Å². The van der Waals surface area contributed by atoms with Crippen molar-refractivity contribution in [3.8, 4) is 5.75 Å². The number of benzene rings is 2. The number of nitrogens with one attached hydrogen (secondary N) is 1. The molecule has 2 aromatic rings. The first kappa shape index (κ1) is 29.0. The van der Waals surface area contributed by atoms with Crippen molar-refractivity contribution in [1.29, 1.82) is 0 Å². The Morgan fingerprint density at radius 3 is 2.17 bits per heavy atom. The standard InChI is InChI=1S/C25H33F2N3O5S/c1-6-17(3)28-25(32)23(7-2)29(15-18-8-11-20(35-4)12-9-18)24(31)16-30(36(5,33)34)19-10-13-21(26)22(27)14-19/h8-14,17,23H,6-7,15-16H2,1-5H3,(H,28,32). The van der Waals surface area contributed by atoms with Crippen LogP contribution in [-0.2, 0) is 26.2 Å². The van der Waals surface area contributed by atoms with Crippen molar-refractivity contribution >= 4 is 27.5 Å². The molecule has 0 fully saturated rings. The third kappa shape index (κ3) is 7.64. The Morgan fingerprint density at radius 1 is 1.03 bits per heavy atom. The topological polar surface area (TPSA) is 96.0 Å². The van der Waals surface area contributed by atoms with Gasteiger partial charge in [-0.3, -0.25) is 13.9 Å². The van der Waals surface area contributed by atoms with Crippen molar-refractivity contribution < 1.29 is 31.5 Å². The van der Waals surface area contributed by atoms with Gasteiger partial charge in [-0.25, -0.2) is 17.2 Å². The number of hydrogen-bond acceptors (Lipinski definition) is 5. The smallest absolute Gasteiger partial charge is 0.244 e. The number of nitrogens with zero attached hydrogens (tertiary/aromatic N) is 2. The minimum atomic E-state index is -4.05. The lowest BCUT2D eigenvalue weighted by Crippen LogP contribution is -2.53. The monoisotopic (exact) mass is 525 g/mol. The zero-order chi connectivity index (χ0) is 27.0. The van der Waals surface area contributed by atoms with Crippen molar-refractivity contribution in [3.63, 3.8) is 0 Å². The normalized spacial score (nSPS) is 13.0. The third-order valence-electron chi connectivity index (χ3n) is 5.77. The summed E-state index contributed by atoms with van der Waals surface area (Å²) >= 11 is 0. The zero-order valence-corrected chi connectivity index (χ0v) is 21.9. The molecule has 0 bridgehead atoms. The van der Waals surface area contributed by atoms with E-state index >= 15 is 0 Å². The first-order valence-electron chi connectivity index (χ1n) is 11.6. The predicted molar refractivity (Wildman–Crippen MR) is 134 cm³/mol. The molecule has 2 rings (SSSR count). The van der Waals surface area contributed by atoms with Crippen LogP contribution in [0, 0.1) is 11.6 Å². The minimum absolute atomic E-state index is 0.0185. The Morgan fingerprint density at radius 2 is 1.67 bits per heavy atom. The SMILES string of the molecule is CCC(C)NC(=O)C(CC)N(Cc1ccc(OC)cc1)C(=O)CN(c1ccc(F)c(F)c1)S(C)(=O)=O. The molecule has 1 N–H and O–H groups in total. The average molecular weight is 526 g/mol. The molecular weight excluding hydrogens is 492 g/mol. The van der Waals surface area contributed by atoms with E-state index in [9.17, 15) is 26.8 Å². The highest BCUT2D eigenvalue weighted by Crippen LogP contribution is 2.22. The van der Waals surface area contributed by atoms with E-state index in [2.05, 4.69) is 5.32 Å².